The summed E-state index contributed by atoms with van der Waals surface area (Å²) in [6, 6.07) is 10.5. The van der Waals surface area contributed by atoms with Gasteiger partial charge in [0.05, 0.1) is 18.3 Å². The second-order valence-corrected chi connectivity index (χ2v) is 5.39. The number of halogens is 1. The first-order chi connectivity index (χ1) is 11.6. The van der Waals surface area contributed by atoms with Gasteiger partial charge < -0.3 is 14.6 Å². The average molecular weight is 344 g/mol. The molecule has 7 heteroatoms. The van der Waals surface area contributed by atoms with Crippen LogP contribution in [0, 0.1) is 6.92 Å². The molecule has 0 saturated heterocycles. The maximum Gasteiger partial charge on any atom is 0.262 e. The van der Waals surface area contributed by atoms with Gasteiger partial charge in [0.15, 0.2) is 0 Å². The summed E-state index contributed by atoms with van der Waals surface area (Å²) < 4.78 is 10.2. The fraction of sp³-hybridized carbons (Fsp3) is 0.118. The Balaban J connectivity index is 1.93. The summed E-state index contributed by atoms with van der Waals surface area (Å²) >= 11 is 6.20. The number of carbonyl (C=O) groups excluding carboxylic acids is 1. The Labute approximate surface area is 143 Å². The van der Waals surface area contributed by atoms with Crippen LogP contribution in [-0.2, 0) is 0 Å². The van der Waals surface area contributed by atoms with Gasteiger partial charge in [0.1, 0.15) is 28.6 Å². The van der Waals surface area contributed by atoms with Gasteiger partial charge in [0, 0.05) is 5.56 Å². The van der Waals surface area contributed by atoms with E-state index in [2.05, 4.69) is 15.5 Å². The van der Waals surface area contributed by atoms with Gasteiger partial charge in [-0.15, -0.1) is 0 Å². The summed E-state index contributed by atoms with van der Waals surface area (Å²) in [5, 5.41) is 7.18. The van der Waals surface area contributed by atoms with Crippen LogP contribution in [0.4, 0.5) is 5.82 Å². The molecular formula is C17H14ClN3O3. The molecule has 6 nitrogen and oxygen atoms in total. The van der Waals surface area contributed by atoms with Crippen molar-refractivity contribution in [2.45, 2.75) is 6.92 Å². The molecule has 0 spiro atoms. The van der Waals surface area contributed by atoms with Crippen molar-refractivity contribution < 1.29 is 14.1 Å². The summed E-state index contributed by atoms with van der Waals surface area (Å²) in [5.41, 5.74) is 1.34. The minimum Gasteiger partial charge on any atom is -0.495 e. The maximum absolute atomic E-state index is 12.6. The van der Waals surface area contributed by atoms with Crippen molar-refractivity contribution in [3.05, 3.63) is 58.9 Å². The molecule has 0 aliphatic rings. The van der Waals surface area contributed by atoms with Gasteiger partial charge in [-0.05, 0) is 25.1 Å². The quantitative estimate of drug-likeness (QED) is 0.775. The third-order valence-electron chi connectivity index (χ3n) is 3.43. The first-order valence-corrected chi connectivity index (χ1v) is 7.50. The Hall–Kier alpha value is -2.86. The van der Waals surface area contributed by atoms with Gasteiger partial charge in [0.25, 0.3) is 5.91 Å². The number of amides is 1. The van der Waals surface area contributed by atoms with Crippen LogP contribution in [0.1, 0.15) is 16.1 Å². The predicted molar refractivity (Wildman–Crippen MR) is 90.4 cm³/mol. The van der Waals surface area contributed by atoms with Crippen LogP contribution in [0.2, 0.25) is 5.02 Å². The number of ether oxygens (including phenoxy) is 1. The SMILES string of the molecule is COc1ccc(NC(=O)c2c(-c3ccccc3Cl)noc2C)nc1. The zero-order chi connectivity index (χ0) is 17.1. The topological polar surface area (TPSA) is 77.2 Å². The summed E-state index contributed by atoms with van der Waals surface area (Å²) in [7, 11) is 1.55. The Bertz CT molecular complexity index is 875. The third-order valence-corrected chi connectivity index (χ3v) is 3.76. The molecule has 0 bridgehead atoms. The standard InChI is InChI=1S/C17H14ClN3O3/c1-10-15(16(21-24-10)12-5-3-4-6-13(12)18)17(22)20-14-8-7-11(23-2)9-19-14/h3-9H,1-2H3,(H,19,20,22). The zero-order valence-electron chi connectivity index (χ0n) is 13.0. The third kappa shape index (κ3) is 3.09. The van der Waals surface area contributed by atoms with Crippen molar-refractivity contribution in [1.82, 2.24) is 10.1 Å². The van der Waals surface area contributed by atoms with Gasteiger partial charge in [-0.3, -0.25) is 4.79 Å². The number of rotatable bonds is 4. The molecule has 24 heavy (non-hydrogen) atoms. The summed E-state index contributed by atoms with van der Waals surface area (Å²) in [6.45, 7) is 1.67. The van der Waals surface area contributed by atoms with E-state index < -0.39 is 0 Å². The van der Waals surface area contributed by atoms with Gasteiger partial charge in [-0.25, -0.2) is 4.98 Å². The number of methoxy groups -OCH3 is 1. The number of hydrogen-bond donors (Lipinski definition) is 1. The average Bonchev–Trinajstić information content (AvgIpc) is 2.97. The minimum absolute atomic E-state index is 0.320. The first kappa shape index (κ1) is 16.0. The van der Waals surface area contributed by atoms with Crippen LogP contribution in [0.25, 0.3) is 11.3 Å². The maximum atomic E-state index is 12.6. The van der Waals surface area contributed by atoms with Crippen LogP contribution < -0.4 is 10.1 Å². The molecule has 0 fully saturated rings. The Kier molecular flexibility index (Phi) is 4.48. The highest BCUT2D eigenvalue weighted by Crippen LogP contribution is 2.31. The Morgan fingerprint density at radius 2 is 2.04 bits per heavy atom. The van der Waals surface area contributed by atoms with Crippen molar-refractivity contribution >= 4 is 23.3 Å². The molecule has 0 saturated carbocycles. The van der Waals surface area contributed by atoms with Crippen LogP contribution in [-0.4, -0.2) is 23.2 Å². The number of nitrogens with one attached hydrogen (secondary N) is 1. The van der Waals surface area contributed by atoms with Crippen LogP contribution >= 0.6 is 11.6 Å². The molecule has 0 atom stereocenters. The molecule has 1 N–H and O–H groups in total. The Morgan fingerprint density at radius 1 is 1.25 bits per heavy atom. The lowest BCUT2D eigenvalue weighted by molar-refractivity contribution is 0.102. The van der Waals surface area contributed by atoms with Crippen molar-refractivity contribution in [3.8, 4) is 17.0 Å². The highest BCUT2D eigenvalue weighted by Gasteiger charge is 2.23. The number of benzene rings is 1. The van der Waals surface area contributed by atoms with E-state index in [1.807, 2.05) is 6.07 Å². The zero-order valence-corrected chi connectivity index (χ0v) is 13.8. The molecule has 1 amide bonds. The van der Waals surface area contributed by atoms with Gasteiger partial charge in [0.2, 0.25) is 0 Å². The molecular weight excluding hydrogens is 330 g/mol. The van der Waals surface area contributed by atoms with E-state index >= 15 is 0 Å². The monoisotopic (exact) mass is 343 g/mol. The molecule has 0 aliphatic carbocycles. The van der Waals surface area contributed by atoms with Crippen molar-refractivity contribution in [1.29, 1.82) is 0 Å². The number of aromatic nitrogens is 2. The summed E-state index contributed by atoms with van der Waals surface area (Å²) in [6.07, 6.45) is 1.52. The molecule has 2 aromatic heterocycles. The normalized spacial score (nSPS) is 10.5. The van der Waals surface area contributed by atoms with E-state index in [0.29, 0.717) is 39.2 Å². The second kappa shape index (κ2) is 6.72. The second-order valence-electron chi connectivity index (χ2n) is 4.98. The fourth-order valence-electron chi connectivity index (χ4n) is 2.23. The number of hydrogen-bond acceptors (Lipinski definition) is 5. The van der Waals surface area contributed by atoms with Crippen molar-refractivity contribution in [2.24, 2.45) is 0 Å². The Morgan fingerprint density at radius 3 is 2.71 bits per heavy atom. The molecule has 0 aliphatic heterocycles. The number of carbonyl (C=O) groups is 1. The molecule has 3 rings (SSSR count). The lowest BCUT2D eigenvalue weighted by Gasteiger charge is -2.06. The van der Waals surface area contributed by atoms with Crippen molar-refractivity contribution in [3.63, 3.8) is 0 Å². The lowest BCUT2D eigenvalue weighted by atomic mass is 10.1. The van der Waals surface area contributed by atoms with Crippen LogP contribution in [0.5, 0.6) is 5.75 Å². The van der Waals surface area contributed by atoms with Gasteiger partial charge >= 0.3 is 0 Å². The summed E-state index contributed by atoms with van der Waals surface area (Å²) in [5.74, 6) is 1.02. The molecule has 122 valence electrons. The van der Waals surface area contributed by atoms with Crippen molar-refractivity contribution in [2.75, 3.05) is 12.4 Å². The highest BCUT2D eigenvalue weighted by atomic mass is 35.5. The minimum atomic E-state index is -0.374. The number of nitrogens with zero attached hydrogens (tertiary/aromatic N) is 2. The molecule has 3 aromatic rings. The molecule has 1 aromatic carbocycles. The van der Waals surface area contributed by atoms with E-state index in [1.54, 1.807) is 44.4 Å². The van der Waals surface area contributed by atoms with E-state index in [1.165, 1.54) is 6.20 Å². The fourth-order valence-corrected chi connectivity index (χ4v) is 2.46. The molecule has 0 radical (unpaired) electrons. The van der Waals surface area contributed by atoms with Crippen LogP contribution in [0.3, 0.4) is 0 Å². The number of pyridine rings is 1. The lowest BCUT2D eigenvalue weighted by Crippen LogP contribution is -2.14. The number of aryl methyl sites for hydroxylation is 1. The van der Waals surface area contributed by atoms with E-state index in [9.17, 15) is 4.79 Å². The van der Waals surface area contributed by atoms with E-state index in [-0.39, 0.29) is 5.91 Å². The molecule has 2 heterocycles. The molecule has 0 unspecified atom stereocenters. The first-order valence-electron chi connectivity index (χ1n) is 7.12. The van der Waals surface area contributed by atoms with E-state index in [0.717, 1.165) is 0 Å². The van der Waals surface area contributed by atoms with Gasteiger partial charge in [-0.1, -0.05) is 35.0 Å². The highest BCUT2D eigenvalue weighted by molar-refractivity contribution is 6.33. The number of anilines is 1. The summed E-state index contributed by atoms with van der Waals surface area (Å²) in [4.78, 5) is 16.7. The predicted octanol–water partition coefficient (Wildman–Crippen LogP) is 3.96. The van der Waals surface area contributed by atoms with Gasteiger partial charge in [-0.2, -0.15) is 0 Å². The smallest absolute Gasteiger partial charge is 0.262 e. The van der Waals surface area contributed by atoms with E-state index in [4.69, 9.17) is 20.9 Å². The van der Waals surface area contributed by atoms with Crippen LogP contribution in [0.15, 0.2) is 47.1 Å². The largest absolute Gasteiger partial charge is 0.495 e.